The molecule has 94 valence electrons. The van der Waals surface area contributed by atoms with Crippen LogP contribution < -0.4 is 0 Å². The molecule has 0 aliphatic carbocycles. The summed E-state index contributed by atoms with van der Waals surface area (Å²) in [5.41, 5.74) is 0.278. The summed E-state index contributed by atoms with van der Waals surface area (Å²) in [7, 11) is 0. The van der Waals surface area contributed by atoms with Gasteiger partial charge in [-0.3, -0.25) is 0 Å². The molecular weight excluding hydrogens is 223 g/mol. The third-order valence-electron chi connectivity index (χ3n) is 2.87. The highest BCUT2D eigenvalue weighted by atomic mass is 19.1. The average molecular weight is 240 g/mol. The Morgan fingerprint density at radius 2 is 2.29 bits per heavy atom. The van der Waals surface area contributed by atoms with Crippen LogP contribution in [0.3, 0.4) is 0 Å². The Bertz CT molecular complexity index is 350. The van der Waals surface area contributed by atoms with Crippen LogP contribution in [0.25, 0.3) is 0 Å². The van der Waals surface area contributed by atoms with Crippen molar-refractivity contribution in [3.8, 4) is 0 Å². The van der Waals surface area contributed by atoms with Crippen molar-refractivity contribution in [3.63, 3.8) is 0 Å². The zero-order chi connectivity index (χ0) is 12.1. The second-order valence-electron chi connectivity index (χ2n) is 4.21. The van der Waals surface area contributed by atoms with Gasteiger partial charge in [-0.2, -0.15) is 0 Å². The SMILES string of the molecule is OC(COCC1CCCO1)c1ccccc1F. The van der Waals surface area contributed by atoms with E-state index in [0.717, 1.165) is 19.4 Å². The van der Waals surface area contributed by atoms with Gasteiger partial charge in [0, 0.05) is 12.2 Å². The van der Waals surface area contributed by atoms with Crippen LogP contribution >= 0.6 is 0 Å². The average Bonchev–Trinajstić information content (AvgIpc) is 2.82. The Balaban J connectivity index is 1.77. The van der Waals surface area contributed by atoms with Gasteiger partial charge in [-0.25, -0.2) is 4.39 Å². The molecule has 2 unspecified atom stereocenters. The first-order valence-corrected chi connectivity index (χ1v) is 5.89. The van der Waals surface area contributed by atoms with E-state index in [4.69, 9.17) is 9.47 Å². The van der Waals surface area contributed by atoms with Crippen LogP contribution in [0, 0.1) is 5.82 Å². The van der Waals surface area contributed by atoms with Crippen LogP contribution in [0.5, 0.6) is 0 Å². The number of benzene rings is 1. The highest BCUT2D eigenvalue weighted by Gasteiger charge is 2.17. The monoisotopic (exact) mass is 240 g/mol. The smallest absolute Gasteiger partial charge is 0.129 e. The lowest BCUT2D eigenvalue weighted by Crippen LogP contribution is -2.17. The molecule has 1 heterocycles. The highest BCUT2D eigenvalue weighted by Crippen LogP contribution is 2.18. The van der Waals surface area contributed by atoms with Gasteiger partial charge in [0.15, 0.2) is 0 Å². The number of hydrogen-bond donors (Lipinski definition) is 1. The summed E-state index contributed by atoms with van der Waals surface area (Å²) in [6, 6.07) is 6.19. The summed E-state index contributed by atoms with van der Waals surface area (Å²) < 4.78 is 24.1. The van der Waals surface area contributed by atoms with Gasteiger partial charge < -0.3 is 14.6 Å². The molecule has 0 spiro atoms. The van der Waals surface area contributed by atoms with Crippen molar-refractivity contribution in [2.24, 2.45) is 0 Å². The first-order chi connectivity index (χ1) is 8.27. The summed E-state index contributed by atoms with van der Waals surface area (Å²) in [5.74, 6) is -0.402. The Morgan fingerprint density at radius 3 is 3.00 bits per heavy atom. The minimum atomic E-state index is -0.919. The lowest BCUT2D eigenvalue weighted by molar-refractivity contribution is -0.0183. The molecule has 0 radical (unpaired) electrons. The van der Waals surface area contributed by atoms with E-state index < -0.39 is 11.9 Å². The summed E-state index contributed by atoms with van der Waals surface area (Å²) in [5, 5.41) is 9.77. The molecular formula is C13H17FO3. The molecule has 1 aromatic carbocycles. The zero-order valence-electron chi connectivity index (χ0n) is 9.64. The zero-order valence-corrected chi connectivity index (χ0v) is 9.64. The van der Waals surface area contributed by atoms with Gasteiger partial charge in [0.2, 0.25) is 0 Å². The topological polar surface area (TPSA) is 38.7 Å². The van der Waals surface area contributed by atoms with E-state index in [1.165, 1.54) is 6.07 Å². The van der Waals surface area contributed by atoms with Gasteiger partial charge in [-0.1, -0.05) is 18.2 Å². The number of ether oxygens (including phenoxy) is 2. The molecule has 0 bridgehead atoms. The number of aliphatic hydroxyl groups excluding tert-OH is 1. The van der Waals surface area contributed by atoms with E-state index in [-0.39, 0.29) is 18.3 Å². The third-order valence-corrected chi connectivity index (χ3v) is 2.87. The maximum Gasteiger partial charge on any atom is 0.129 e. The van der Waals surface area contributed by atoms with Crippen molar-refractivity contribution in [1.29, 1.82) is 0 Å². The lowest BCUT2D eigenvalue weighted by atomic mass is 10.1. The molecule has 1 aliphatic rings. The number of hydrogen-bond acceptors (Lipinski definition) is 3. The first-order valence-electron chi connectivity index (χ1n) is 5.89. The molecule has 1 aliphatic heterocycles. The van der Waals surface area contributed by atoms with E-state index in [9.17, 15) is 9.50 Å². The number of halogens is 1. The molecule has 3 nitrogen and oxygen atoms in total. The first kappa shape index (κ1) is 12.5. The molecule has 0 aromatic heterocycles. The van der Waals surface area contributed by atoms with E-state index in [2.05, 4.69) is 0 Å². The summed E-state index contributed by atoms with van der Waals surface area (Å²) in [6.45, 7) is 1.34. The Morgan fingerprint density at radius 1 is 1.47 bits per heavy atom. The van der Waals surface area contributed by atoms with E-state index in [1.807, 2.05) is 0 Å². The number of aliphatic hydroxyl groups is 1. The second kappa shape index (κ2) is 6.10. The molecule has 1 N–H and O–H groups in total. The lowest BCUT2D eigenvalue weighted by Gasteiger charge is -2.14. The maximum atomic E-state index is 13.3. The van der Waals surface area contributed by atoms with Gasteiger partial charge >= 0.3 is 0 Å². The van der Waals surface area contributed by atoms with Crippen LogP contribution in [0.15, 0.2) is 24.3 Å². The largest absolute Gasteiger partial charge is 0.386 e. The molecule has 1 aromatic rings. The quantitative estimate of drug-likeness (QED) is 0.856. The van der Waals surface area contributed by atoms with Gasteiger partial charge in [-0.05, 0) is 18.9 Å². The fraction of sp³-hybridized carbons (Fsp3) is 0.538. The van der Waals surface area contributed by atoms with Crippen LogP contribution in [0.4, 0.5) is 4.39 Å². The molecule has 4 heteroatoms. The minimum Gasteiger partial charge on any atom is -0.386 e. The van der Waals surface area contributed by atoms with Crippen molar-refractivity contribution >= 4 is 0 Å². The molecule has 2 atom stereocenters. The summed E-state index contributed by atoms with van der Waals surface area (Å²) in [6.07, 6.45) is 1.26. The molecule has 1 saturated heterocycles. The third kappa shape index (κ3) is 3.49. The van der Waals surface area contributed by atoms with Crippen LogP contribution in [-0.4, -0.2) is 31.0 Å². The molecule has 1 fully saturated rings. The van der Waals surface area contributed by atoms with Gasteiger partial charge in [0.25, 0.3) is 0 Å². The molecule has 17 heavy (non-hydrogen) atoms. The molecule has 0 amide bonds. The second-order valence-corrected chi connectivity index (χ2v) is 4.21. The Kier molecular flexibility index (Phi) is 4.48. The normalized spacial score (nSPS) is 21.6. The highest BCUT2D eigenvalue weighted by molar-refractivity contribution is 5.19. The van der Waals surface area contributed by atoms with E-state index in [0.29, 0.717) is 6.61 Å². The summed E-state index contributed by atoms with van der Waals surface area (Å²) >= 11 is 0. The van der Waals surface area contributed by atoms with Crippen molar-refractivity contribution < 1.29 is 19.0 Å². The maximum absolute atomic E-state index is 13.3. The standard InChI is InChI=1S/C13H17FO3/c14-12-6-2-1-5-11(12)13(15)9-16-8-10-4-3-7-17-10/h1-2,5-6,10,13,15H,3-4,7-9H2. The predicted octanol–water partition coefficient (Wildman–Crippen LogP) is 2.05. The van der Waals surface area contributed by atoms with Gasteiger partial charge in [-0.15, -0.1) is 0 Å². The van der Waals surface area contributed by atoms with E-state index >= 15 is 0 Å². The summed E-state index contributed by atoms with van der Waals surface area (Å²) in [4.78, 5) is 0. The Hall–Kier alpha value is -0.970. The number of rotatable bonds is 5. The van der Waals surface area contributed by atoms with Crippen LogP contribution in [0.1, 0.15) is 24.5 Å². The Labute approximate surface area is 100 Å². The van der Waals surface area contributed by atoms with Crippen molar-refractivity contribution in [2.45, 2.75) is 25.0 Å². The molecule has 0 saturated carbocycles. The van der Waals surface area contributed by atoms with Gasteiger partial charge in [0.05, 0.1) is 19.3 Å². The van der Waals surface area contributed by atoms with Crippen LogP contribution in [-0.2, 0) is 9.47 Å². The minimum absolute atomic E-state index is 0.0980. The van der Waals surface area contributed by atoms with Crippen molar-refractivity contribution in [1.82, 2.24) is 0 Å². The van der Waals surface area contributed by atoms with Crippen molar-refractivity contribution in [2.75, 3.05) is 19.8 Å². The fourth-order valence-corrected chi connectivity index (χ4v) is 1.92. The van der Waals surface area contributed by atoms with E-state index in [1.54, 1.807) is 18.2 Å². The van der Waals surface area contributed by atoms with Crippen LogP contribution in [0.2, 0.25) is 0 Å². The predicted molar refractivity (Wildman–Crippen MR) is 61.2 cm³/mol. The fourth-order valence-electron chi connectivity index (χ4n) is 1.92. The van der Waals surface area contributed by atoms with Gasteiger partial charge in [0.1, 0.15) is 11.9 Å². The molecule has 2 rings (SSSR count). The van der Waals surface area contributed by atoms with Crippen molar-refractivity contribution in [3.05, 3.63) is 35.6 Å².